The van der Waals surface area contributed by atoms with Crippen molar-refractivity contribution in [3.63, 3.8) is 0 Å². The minimum absolute atomic E-state index is 0.353. The standard InChI is InChI=1S/C10H13NOS/c12-8-11-6-2-1-4-9(11)10-5-3-7-13-10/h3,5,7-9H,1-2,4,6H2. The summed E-state index contributed by atoms with van der Waals surface area (Å²) < 4.78 is 0. The Hall–Kier alpha value is -0.830. The number of carbonyl (C=O) groups excluding carboxylic acids is 1. The molecule has 0 spiro atoms. The van der Waals surface area contributed by atoms with E-state index in [1.54, 1.807) is 11.3 Å². The van der Waals surface area contributed by atoms with Crippen LogP contribution in [0.25, 0.3) is 0 Å². The molecule has 2 heterocycles. The maximum absolute atomic E-state index is 10.8. The first-order valence-corrected chi connectivity index (χ1v) is 5.54. The molecule has 13 heavy (non-hydrogen) atoms. The summed E-state index contributed by atoms with van der Waals surface area (Å²) in [6.45, 7) is 0.923. The van der Waals surface area contributed by atoms with E-state index in [0.29, 0.717) is 6.04 Å². The van der Waals surface area contributed by atoms with Crippen LogP contribution in [0.5, 0.6) is 0 Å². The van der Waals surface area contributed by atoms with Gasteiger partial charge in [0, 0.05) is 11.4 Å². The first-order valence-electron chi connectivity index (χ1n) is 4.66. The van der Waals surface area contributed by atoms with Crippen molar-refractivity contribution in [3.8, 4) is 0 Å². The normalized spacial score (nSPS) is 23.1. The van der Waals surface area contributed by atoms with Gasteiger partial charge in [0.2, 0.25) is 6.41 Å². The molecule has 2 nitrogen and oxygen atoms in total. The van der Waals surface area contributed by atoms with E-state index in [1.807, 2.05) is 4.90 Å². The lowest BCUT2D eigenvalue weighted by atomic mass is 10.0. The maximum atomic E-state index is 10.8. The summed E-state index contributed by atoms with van der Waals surface area (Å²) in [6.07, 6.45) is 4.51. The lowest BCUT2D eigenvalue weighted by Crippen LogP contribution is -2.31. The summed E-state index contributed by atoms with van der Waals surface area (Å²) in [5.74, 6) is 0. The second-order valence-electron chi connectivity index (χ2n) is 3.37. The number of thiophene rings is 1. The van der Waals surface area contributed by atoms with Crippen LogP contribution >= 0.6 is 11.3 Å². The van der Waals surface area contributed by atoms with Gasteiger partial charge in [-0.1, -0.05) is 6.07 Å². The fraction of sp³-hybridized carbons (Fsp3) is 0.500. The van der Waals surface area contributed by atoms with Crippen molar-refractivity contribution in [2.75, 3.05) is 6.54 Å². The molecule has 0 saturated carbocycles. The van der Waals surface area contributed by atoms with Crippen LogP contribution in [0.1, 0.15) is 30.2 Å². The van der Waals surface area contributed by atoms with Gasteiger partial charge in [-0.15, -0.1) is 11.3 Å². The zero-order chi connectivity index (χ0) is 9.10. The summed E-state index contributed by atoms with van der Waals surface area (Å²) in [6, 6.07) is 4.53. The first kappa shape index (κ1) is 8.75. The second kappa shape index (κ2) is 3.92. The average Bonchev–Trinajstić information content (AvgIpc) is 2.70. The molecule has 0 aromatic carbocycles. The van der Waals surface area contributed by atoms with E-state index in [2.05, 4.69) is 17.5 Å². The topological polar surface area (TPSA) is 20.3 Å². The number of hydrogen-bond donors (Lipinski definition) is 0. The van der Waals surface area contributed by atoms with Gasteiger partial charge in [0.05, 0.1) is 6.04 Å². The molecule has 3 heteroatoms. The van der Waals surface area contributed by atoms with E-state index >= 15 is 0 Å². The van der Waals surface area contributed by atoms with Gasteiger partial charge < -0.3 is 4.90 Å². The third kappa shape index (κ3) is 1.75. The summed E-state index contributed by atoms with van der Waals surface area (Å²) in [4.78, 5) is 14.0. The Morgan fingerprint density at radius 3 is 3.15 bits per heavy atom. The van der Waals surface area contributed by atoms with Gasteiger partial charge in [-0.05, 0) is 30.7 Å². The molecule has 0 aliphatic carbocycles. The van der Waals surface area contributed by atoms with Crippen molar-refractivity contribution < 1.29 is 4.79 Å². The van der Waals surface area contributed by atoms with E-state index in [0.717, 1.165) is 25.8 Å². The number of nitrogens with zero attached hydrogens (tertiary/aromatic N) is 1. The van der Waals surface area contributed by atoms with E-state index in [1.165, 1.54) is 11.3 Å². The number of rotatable bonds is 2. The number of carbonyl (C=O) groups is 1. The Bertz CT molecular complexity index is 270. The average molecular weight is 195 g/mol. The van der Waals surface area contributed by atoms with Crippen LogP contribution in [0.3, 0.4) is 0 Å². The fourth-order valence-corrected chi connectivity index (χ4v) is 2.75. The zero-order valence-corrected chi connectivity index (χ0v) is 8.30. The van der Waals surface area contributed by atoms with Crippen LogP contribution in [-0.2, 0) is 4.79 Å². The van der Waals surface area contributed by atoms with Crippen LogP contribution < -0.4 is 0 Å². The molecule has 0 N–H and O–H groups in total. The Kier molecular flexibility index (Phi) is 2.64. The van der Waals surface area contributed by atoms with Crippen LogP contribution in [0, 0.1) is 0 Å². The van der Waals surface area contributed by atoms with Crippen molar-refractivity contribution >= 4 is 17.7 Å². The molecule has 0 bridgehead atoms. The monoisotopic (exact) mass is 195 g/mol. The van der Waals surface area contributed by atoms with Crippen molar-refractivity contribution in [2.45, 2.75) is 25.3 Å². The largest absolute Gasteiger partial charge is 0.337 e. The van der Waals surface area contributed by atoms with Gasteiger partial charge in [-0.25, -0.2) is 0 Å². The van der Waals surface area contributed by atoms with Crippen LogP contribution in [0.4, 0.5) is 0 Å². The summed E-state index contributed by atoms with van der Waals surface area (Å²) in [5, 5.41) is 2.08. The third-order valence-electron chi connectivity index (χ3n) is 2.55. The molecule has 2 rings (SSSR count). The fourth-order valence-electron chi connectivity index (χ4n) is 1.87. The van der Waals surface area contributed by atoms with Gasteiger partial charge in [-0.2, -0.15) is 0 Å². The van der Waals surface area contributed by atoms with Crippen molar-refractivity contribution in [1.29, 1.82) is 0 Å². The lowest BCUT2D eigenvalue weighted by Gasteiger charge is -2.31. The van der Waals surface area contributed by atoms with E-state index in [-0.39, 0.29) is 0 Å². The number of amides is 1. The van der Waals surface area contributed by atoms with Gasteiger partial charge in [0.1, 0.15) is 0 Å². The van der Waals surface area contributed by atoms with E-state index in [4.69, 9.17) is 0 Å². The molecule has 1 aliphatic heterocycles. The Labute approximate surface area is 82.2 Å². The van der Waals surface area contributed by atoms with Crippen LogP contribution in [-0.4, -0.2) is 17.9 Å². The highest BCUT2D eigenvalue weighted by molar-refractivity contribution is 7.10. The lowest BCUT2D eigenvalue weighted by molar-refractivity contribution is -0.121. The molecule has 1 aliphatic rings. The molecule has 1 aromatic rings. The Balaban J connectivity index is 2.15. The molecule has 1 amide bonds. The minimum Gasteiger partial charge on any atom is -0.337 e. The zero-order valence-electron chi connectivity index (χ0n) is 7.48. The van der Waals surface area contributed by atoms with E-state index in [9.17, 15) is 4.79 Å². The van der Waals surface area contributed by atoms with Crippen molar-refractivity contribution in [3.05, 3.63) is 22.4 Å². The molecule has 0 radical (unpaired) electrons. The highest BCUT2D eigenvalue weighted by atomic mass is 32.1. The molecular formula is C10H13NOS. The van der Waals surface area contributed by atoms with Crippen molar-refractivity contribution in [2.24, 2.45) is 0 Å². The predicted molar refractivity (Wildman–Crippen MR) is 53.7 cm³/mol. The Morgan fingerprint density at radius 1 is 1.54 bits per heavy atom. The maximum Gasteiger partial charge on any atom is 0.210 e. The predicted octanol–water partition coefficient (Wildman–Crippen LogP) is 2.43. The number of likely N-dealkylation sites (tertiary alicyclic amines) is 1. The first-order chi connectivity index (χ1) is 6.42. The summed E-state index contributed by atoms with van der Waals surface area (Å²) in [7, 11) is 0. The molecule has 1 fully saturated rings. The van der Waals surface area contributed by atoms with Crippen LogP contribution in [0.15, 0.2) is 17.5 Å². The second-order valence-corrected chi connectivity index (χ2v) is 4.35. The van der Waals surface area contributed by atoms with Crippen molar-refractivity contribution in [1.82, 2.24) is 4.90 Å². The van der Waals surface area contributed by atoms with Gasteiger partial charge in [0.15, 0.2) is 0 Å². The van der Waals surface area contributed by atoms with Gasteiger partial charge in [0.25, 0.3) is 0 Å². The SMILES string of the molecule is O=CN1CCCCC1c1cccs1. The molecule has 1 saturated heterocycles. The highest BCUT2D eigenvalue weighted by Crippen LogP contribution is 2.32. The quantitative estimate of drug-likeness (QED) is 0.664. The molecule has 70 valence electrons. The summed E-state index contributed by atoms with van der Waals surface area (Å²) in [5.41, 5.74) is 0. The number of hydrogen-bond acceptors (Lipinski definition) is 2. The minimum atomic E-state index is 0.353. The van der Waals surface area contributed by atoms with Gasteiger partial charge >= 0.3 is 0 Å². The third-order valence-corrected chi connectivity index (χ3v) is 3.52. The molecular weight excluding hydrogens is 182 g/mol. The molecule has 1 unspecified atom stereocenters. The Morgan fingerprint density at radius 2 is 2.46 bits per heavy atom. The molecule has 1 atom stereocenters. The number of piperidine rings is 1. The highest BCUT2D eigenvalue weighted by Gasteiger charge is 2.22. The van der Waals surface area contributed by atoms with Gasteiger partial charge in [-0.3, -0.25) is 4.79 Å². The molecule has 1 aromatic heterocycles. The smallest absolute Gasteiger partial charge is 0.210 e. The van der Waals surface area contributed by atoms with E-state index < -0.39 is 0 Å². The summed E-state index contributed by atoms with van der Waals surface area (Å²) >= 11 is 1.75. The van der Waals surface area contributed by atoms with Crippen LogP contribution in [0.2, 0.25) is 0 Å².